The quantitative estimate of drug-likeness (QED) is 0.493. The van der Waals surface area contributed by atoms with E-state index < -0.39 is 33.6 Å². The minimum atomic E-state index is -1.46. The zero-order valence-corrected chi connectivity index (χ0v) is 11.0. The van der Waals surface area contributed by atoms with E-state index in [0.717, 1.165) is 0 Å². The lowest BCUT2D eigenvalue weighted by Gasteiger charge is -2.06. The fraction of sp³-hybridized carbons (Fsp3) is 0.143. The highest BCUT2D eigenvalue weighted by Crippen LogP contribution is 2.24. The van der Waals surface area contributed by atoms with Gasteiger partial charge in [-0.25, -0.2) is 4.39 Å². The van der Waals surface area contributed by atoms with Crippen molar-refractivity contribution in [1.29, 1.82) is 0 Å². The van der Waals surface area contributed by atoms with Gasteiger partial charge in [-0.1, -0.05) is 6.07 Å². The van der Waals surface area contributed by atoms with Gasteiger partial charge in [0.2, 0.25) is 5.82 Å². The van der Waals surface area contributed by atoms with Gasteiger partial charge in [0.15, 0.2) is 5.78 Å². The lowest BCUT2D eigenvalue weighted by Crippen LogP contribution is -2.12. The minimum absolute atomic E-state index is 0.332. The van der Waals surface area contributed by atoms with Crippen molar-refractivity contribution < 1.29 is 18.5 Å². The van der Waals surface area contributed by atoms with Crippen LogP contribution in [-0.2, 0) is 6.42 Å². The minimum Gasteiger partial charge on any atom is -0.294 e. The number of Topliss-reactive ketones (excluding diaryl/α,β-unsaturated/α-hetero) is 1. The number of carbonyl (C=O) groups excluding carboxylic acids is 1. The van der Waals surface area contributed by atoms with Gasteiger partial charge in [0.1, 0.15) is 5.82 Å². The lowest BCUT2D eigenvalue weighted by molar-refractivity contribution is -0.387. The number of carbonyl (C=O) groups is 1. The molecule has 108 valence electrons. The fourth-order valence-corrected chi connectivity index (χ4v) is 1.88. The Kier molecular flexibility index (Phi) is 4.02. The van der Waals surface area contributed by atoms with E-state index in [4.69, 9.17) is 0 Å². The first-order valence-electron chi connectivity index (χ1n) is 5.98. The van der Waals surface area contributed by atoms with Crippen LogP contribution in [0.5, 0.6) is 0 Å². The number of rotatable bonds is 4. The Hall–Kier alpha value is -2.70. The van der Waals surface area contributed by atoms with Gasteiger partial charge in [-0.15, -0.1) is 0 Å². The summed E-state index contributed by atoms with van der Waals surface area (Å²) in [6.07, 6.45) is 1.12. The van der Waals surface area contributed by atoms with Crippen LogP contribution in [0.15, 0.2) is 30.5 Å². The fourth-order valence-electron chi connectivity index (χ4n) is 1.88. The van der Waals surface area contributed by atoms with E-state index in [1.165, 1.54) is 6.20 Å². The Bertz CT molecular complexity index is 732. The normalized spacial score (nSPS) is 10.4. The van der Waals surface area contributed by atoms with Crippen molar-refractivity contribution in [2.24, 2.45) is 0 Å². The third-order valence-electron chi connectivity index (χ3n) is 2.99. The number of pyridine rings is 1. The molecule has 1 aromatic carbocycles. The molecule has 0 N–H and O–H groups in total. The van der Waals surface area contributed by atoms with Gasteiger partial charge in [0, 0.05) is 12.3 Å². The maximum absolute atomic E-state index is 13.9. The molecule has 7 heteroatoms. The number of halogens is 2. The van der Waals surface area contributed by atoms with Crippen molar-refractivity contribution in [3.63, 3.8) is 0 Å². The maximum atomic E-state index is 13.9. The molecule has 0 bridgehead atoms. The number of nitro benzene ring substituents is 1. The van der Waals surface area contributed by atoms with E-state index in [0.29, 0.717) is 23.4 Å². The Morgan fingerprint density at radius 2 is 2.05 bits per heavy atom. The number of nitro groups is 1. The summed E-state index contributed by atoms with van der Waals surface area (Å²) in [6, 6.07) is 4.76. The van der Waals surface area contributed by atoms with Gasteiger partial charge in [-0.3, -0.25) is 19.9 Å². The van der Waals surface area contributed by atoms with E-state index in [1.54, 1.807) is 19.1 Å². The van der Waals surface area contributed by atoms with Crippen molar-refractivity contribution in [3.05, 3.63) is 69.0 Å². The summed E-state index contributed by atoms with van der Waals surface area (Å²) in [4.78, 5) is 25.6. The number of nitrogens with zero attached hydrogens (tertiary/aromatic N) is 2. The predicted octanol–water partition coefficient (Wildman–Crippen LogP) is 3.00. The molecule has 2 rings (SSSR count). The first-order chi connectivity index (χ1) is 9.91. The van der Waals surface area contributed by atoms with Crippen LogP contribution in [0.4, 0.5) is 14.5 Å². The molecule has 0 aliphatic carbocycles. The summed E-state index contributed by atoms with van der Waals surface area (Å²) in [6.45, 7) is 1.70. The van der Waals surface area contributed by atoms with Crippen LogP contribution in [0, 0.1) is 28.7 Å². The summed E-state index contributed by atoms with van der Waals surface area (Å²) in [5.41, 5.74) is -0.781. The summed E-state index contributed by atoms with van der Waals surface area (Å²) in [7, 11) is 0. The molecule has 1 aromatic heterocycles. The van der Waals surface area contributed by atoms with Gasteiger partial charge in [-0.2, -0.15) is 4.39 Å². The molecular weight excluding hydrogens is 282 g/mol. The molecule has 0 radical (unpaired) electrons. The zero-order chi connectivity index (χ0) is 15.6. The summed E-state index contributed by atoms with van der Waals surface area (Å²) >= 11 is 0. The number of aryl methyl sites for hydroxylation is 1. The van der Waals surface area contributed by atoms with Crippen LogP contribution in [0.2, 0.25) is 0 Å². The standard InChI is InChI=1S/C14H10F2N2O3/c1-8-3-2-6-17-10(8)7-12(19)13-9(15)4-5-11(14(13)16)18(20)21/h2-6H,7H2,1H3. The van der Waals surface area contributed by atoms with Crippen LogP contribution in [0.1, 0.15) is 21.6 Å². The first kappa shape index (κ1) is 14.7. The highest BCUT2D eigenvalue weighted by Gasteiger charge is 2.26. The number of hydrogen-bond donors (Lipinski definition) is 0. The Balaban J connectivity index is 2.42. The van der Waals surface area contributed by atoms with Crippen LogP contribution >= 0.6 is 0 Å². The van der Waals surface area contributed by atoms with Crippen molar-refractivity contribution in [2.75, 3.05) is 0 Å². The number of hydrogen-bond acceptors (Lipinski definition) is 4. The highest BCUT2D eigenvalue weighted by atomic mass is 19.1. The Morgan fingerprint density at radius 3 is 2.67 bits per heavy atom. The predicted molar refractivity (Wildman–Crippen MR) is 70.0 cm³/mol. The molecule has 0 saturated heterocycles. The van der Waals surface area contributed by atoms with E-state index >= 15 is 0 Å². The topological polar surface area (TPSA) is 73.1 Å². The lowest BCUT2D eigenvalue weighted by atomic mass is 10.0. The molecule has 1 heterocycles. The third-order valence-corrected chi connectivity index (χ3v) is 2.99. The smallest absolute Gasteiger partial charge is 0.294 e. The molecule has 21 heavy (non-hydrogen) atoms. The average Bonchev–Trinajstić information content (AvgIpc) is 2.41. The third kappa shape index (κ3) is 2.91. The van der Waals surface area contributed by atoms with Gasteiger partial charge in [0.05, 0.1) is 22.6 Å². The molecule has 0 unspecified atom stereocenters. The first-order valence-corrected chi connectivity index (χ1v) is 5.98. The molecule has 0 spiro atoms. The monoisotopic (exact) mass is 292 g/mol. The van der Waals surface area contributed by atoms with Crippen molar-refractivity contribution in [3.8, 4) is 0 Å². The molecule has 2 aromatic rings. The number of aromatic nitrogens is 1. The van der Waals surface area contributed by atoms with Gasteiger partial charge in [-0.05, 0) is 24.6 Å². The second kappa shape index (κ2) is 5.74. The Labute approximate surface area is 118 Å². The maximum Gasteiger partial charge on any atom is 0.305 e. The molecule has 0 atom stereocenters. The van der Waals surface area contributed by atoms with Crippen molar-refractivity contribution in [2.45, 2.75) is 13.3 Å². The average molecular weight is 292 g/mol. The van der Waals surface area contributed by atoms with E-state index in [-0.39, 0.29) is 6.42 Å². The second-order valence-corrected chi connectivity index (χ2v) is 4.38. The largest absolute Gasteiger partial charge is 0.305 e. The van der Waals surface area contributed by atoms with Crippen LogP contribution in [-0.4, -0.2) is 15.7 Å². The molecular formula is C14H10F2N2O3. The number of benzene rings is 1. The van der Waals surface area contributed by atoms with Crippen LogP contribution in [0.3, 0.4) is 0 Å². The molecule has 0 aliphatic rings. The van der Waals surface area contributed by atoms with Gasteiger partial charge < -0.3 is 0 Å². The number of ketones is 1. The molecule has 5 nitrogen and oxygen atoms in total. The Morgan fingerprint density at radius 1 is 1.33 bits per heavy atom. The van der Waals surface area contributed by atoms with Gasteiger partial charge in [0.25, 0.3) is 0 Å². The van der Waals surface area contributed by atoms with Crippen LogP contribution < -0.4 is 0 Å². The van der Waals surface area contributed by atoms with Crippen molar-refractivity contribution >= 4 is 11.5 Å². The second-order valence-electron chi connectivity index (χ2n) is 4.38. The highest BCUT2D eigenvalue weighted by molar-refractivity contribution is 5.98. The molecule has 0 amide bonds. The SMILES string of the molecule is Cc1cccnc1CC(=O)c1c(F)ccc([N+](=O)[O-])c1F. The van der Waals surface area contributed by atoms with E-state index in [2.05, 4.69) is 4.98 Å². The zero-order valence-electron chi connectivity index (χ0n) is 11.0. The molecule has 0 saturated carbocycles. The summed E-state index contributed by atoms with van der Waals surface area (Å²) in [5.74, 6) is -3.48. The van der Waals surface area contributed by atoms with Crippen LogP contribution in [0.25, 0.3) is 0 Å². The van der Waals surface area contributed by atoms with E-state index in [1.807, 2.05) is 0 Å². The summed E-state index contributed by atoms with van der Waals surface area (Å²) < 4.78 is 27.6. The molecule has 0 aliphatic heterocycles. The molecule has 0 fully saturated rings. The summed E-state index contributed by atoms with van der Waals surface area (Å²) in [5, 5.41) is 10.6. The van der Waals surface area contributed by atoms with Crippen molar-refractivity contribution in [1.82, 2.24) is 4.98 Å². The van der Waals surface area contributed by atoms with E-state index in [9.17, 15) is 23.7 Å². The van der Waals surface area contributed by atoms with Gasteiger partial charge >= 0.3 is 5.69 Å².